The minimum atomic E-state index is 0.585. The molecule has 0 spiro atoms. The van der Waals surface area contributed by atoms with Crippen LogP contribution in [0.15, 0.2) is 42.7 Å². The summed E-state index contributed by atoms with van der Waals surface area (Å²) in [6.07, 6.45) is 4.47. The van der Waals surface area contributed by atoms with Crippen LogP contribution >= 0.6 is 11.6 Å². The maximum absolute atomic E-state index is 6.39. The molecule has 2 N–H and O–H groups in total. The van der Waals surface area contributed by atoms with Gasteiger partial charge < -0.3 is 15.5 Å². The summed E-state index contributed by atoms with van der Waals surface area (Å²) in [5.41, 5.74) is 4.64. The molecular formula is C19H21ClN6. The van der Waals surface area contributed by atoms with Gasteiger partial charge in [-0.25, -0.2) is 4.98 Å². The molecule has 0 saturated carbocycles. The molecule has 0 saturated heterocycles. The second-order valence-electron chi connectivity index (χ2n) is 6.57. The van der Waals surface area contributed by atoms with Gasteiger partial charge in [-0.1, -0.05) is 23.7 Å². The van der Waals surface area contributed by atoms with Gasteiger partial charge in [0.15, 0.2) is 0 Å². The number of fused-ring (bicyclic) bond motifs is 1. The summed E-state index contributed by atoms with van der Waals surface area (Å²) in [4.78, 5) is 6.69. The summed E-state index contributed by atoms with van der Waals surface area (Å²) in [5.74, 6) is 1.58. The van der Waals surface area contributed by atoms with Gasteiger partial charge in [-0.2, -0.15) is 5.10 Å². The minimum absolute atomic E-state index is 0.585. The molecular weight excluding hydrogens is 348 g/mol. The van der Waals surface area contributed by atoms with Crippen LogP contribution in [-0.4, -0.2) is 33.3 Å². The number of likely N-dealkylation sites (N-methyl/N-ethyl adjacent to an activating group) is 1. The summed E-state index contributed by atoms with van der Waals surface area (Å²) in [7, 11) is 4.03. The Kier molecular flexibility index (Phi) is 4.53. The molecule has 2 aromatic heterocycles. The SMILES string of the molecule is CN1CCc2cccc(Nc3cc(Nc4ccnn4C)ncc3Cl)c2C1. The summed E-state index contributed by atoms with van der Waals surface area (Å²) in [6.45, 7) is 2.02. The van der Waals surface area contributed by atoms with E-state index in [1.807, 2.05) is 19.2 Å². The summed E-state index contributed by atoms with van der Waals surface area (Å²) < 4.78 is 1.76. The second kappa shape index (κ2) is 6.97. The number of anilines is 4. The molecule has 7 heteroatoms. The quantitative estimate of drug-likeness (QED) is 0.730. The average molecular weight is 369 g/mol. The Hall–Kier alpha value is -2.57. The van der Waals surface area contributed by atoms with E-state index < -0.39 is 0 Å². The van der Waals surface area contributed by atoms with E-state index in [1.165, 1.54) is 11.1 Å². The molecule has 4 rings (SSSR count). The van der Waals surface area contributed by atoms with Crippen LogP contribution in [0.1, 0.15) is 11.1 Å². The molecule has 0 amide bonds. The normalized spacial score (nSPS) is 14.1. The van der Waals surface area contributed by atoms with E-state index in [9.17, 15) is 0 Å². The van der Waals surface area contributed by atoms with Crippen LogP contribution in [0.2, 0.25) is 5.02 Å². The molecule has 0 bridgehead atoms. The lowest BCUT2D eigenvalue weighted by Crippen LogP contribution is -2.27. The number of nitrogens with zero attached hydrogens (tertiary/aromatic N) is 4. The molecule has 1 aromatic carbocycles. The fourth-order valence-electron chi connectivity index (χ4n) is 3.21. The topological polar surface area (TPSA) is 58.0 Å². The molecule has 0 atom stereocenters. The highest BCUT2D eigenvalue weighted by Gasteiger charge is 2.17. The Balaban J connectivity index is 1.63. The maximum Gasteiger partial charge on any atom is 0.133 e. The van der Waals surface area contributed by atoms with Gasteiger partial charge in [0.2, 0.25) is 0 Å². The fourth-order valence-corrected chi connectivity index (χ4v) is 3.36. The summed E-state index contributed by atoms with van der Waals surface area (Å²) >= 11 is 6.39. The Morgan fingerprint density at radius 1 is 1.12 bits per heavy atom. The minimum Gasteiger partial charge on any atom is -0.354 e. The van der Waals surface area contributed by atoms with E-state index in [4.69, 9.17) is 11.6 Å². The predicted molar refractivity (Wildman–Crippen MR) is 106 cm³/mol. The summed E-state index contributed by atoms with van der Waals surface area (Å²) in [6, 6.07) is 10.2. The van der Waals surface area contributed by atoms with Crippen molar-refractivity contribution < 1.29 is 0 Å². The number of nitrogens with one attached hydrogen (secondary N) is 2. The van der Waals surface area contributed by atoms with Crippen LogP contribution in [0.3, 0.4) is 0 Å². The third kappa shape index (κ3) is 3.38. The van der Waals surface area contributed by atoms with Crippen LogP contribution < -0.4 is 10.6 Å². The van der Waals surface area contributed by atoms with Crippen molar-refractivity contribution in [1.29, 1.82) is 0 Å². The molecule has 1 aliphatic rings. The lowest BCUT2D eigenvalue weighted by atomic mass is 9.98. The Morgan fingerprint density at radius 2 is 2.00 bits per heavy atom. The van der Waals surface area contributed by atoms with Gasteiger partial charge in [0, 0.05) is 38.0 Å². The van der Waals surface area contributed by atoms with Crippen LogP contribution in [-0.2, 0) is 20.0 Å². The highest BCUT2D eigenvalue weighted by Crippen LogP contribution is 2.32. The zero-order valence-electron chi connectivity index (χ0n) is 14.8. The third-order valence-corrected chi connectivity index (χ3v) is 4.97. The van der Waals surface area contributed by atoms with Crippen molar-refractivity contribution in [3.63, 3.8) is 0 Å². The zero-order valence-corrected chi connectivity index (χ0v) is 15.6. The predicted octanol–water partition coefficient (Wildman–Crippen LogP) is 3.94. The van der Waals surface area contributed by atoms with E-state index >= 15 is 0 Å². The fraction of sp³-hybridized carbons (Fsp3) is 0.263. The van der Waals surface area contributed by atoms with E-state index in [0.717, 1.165) is 36.7 Å². The molecule has 0 fully saturated rings. The van der Waals surface area contributed by atoms with Gasteiger partial charge in [-0.05, 0) is 30.7 Å². The maximum atomic E-state index is 6.39. The molecule has 3 aromatic rings. The van der Waals surface area contributed by atoms with Gasteiger partial charge in [-0.3, -0.25) is 4.68 Å². The molecule has 1 aliphatic heterocycles. The Morgan fingerprint density at radius 3 is 2.81 bits per heavy atom. The first kappa shape index (κ1) is 16.9. The monoisotopic (exact) mass is 368 g/mol. The van der Waals surface area contributed by atoms with Gasteiger partial charge >= 0.3 is 0 Å². The lowest BCUT2D eigenvalue weighted by molar-refractivity contribution is 0.313. The van der Waals surface area contributed by atoms with Gasteiger partial charge in [0.25, 0.3) is 0 Å². The van der Waals surface area contributed by atoms with Crippen molar-refractivity contribution in [3.8, 4) is 0 Å². The standard InChI is InChI=1S/C19H21ClN6/c1-25-9-7-13-4-3-5-16(14(13)12-25)23-17-10-18(21-11-15(17)20)24-19-6-8-22-26(19)2/h3-6,8,10-11H,7,9,12H2,1-2H3,(H2,21,23,24). The molecule has 134 valence electrons. The van der Waals surface area contributed by atoms with Crippen molar-refractivity contribution in [3.05, 3.63) is 58.9 Å². The van der Waals surface area contributed by atoms with Gasteiger partial charge in [0.1, 0.15) is 11.6 Å². The van der Waals surface area contributed by atoms with Crippen LogP contribution in [0.5, 0.6) is 0 Å². The van der Waals surface area contributed by atoms with Crippen LogP contribution in [0.4, 0.5) is 23.0 Å². The number of halogens is 1. The first-order valence-electron chi connectivity index (χ1n) is 8.57. The Bertz CT molecular complexity index is 936. The van der Waals surface area contributed by atoms with Crippen LogP contribution in [0.25, 0.3) is 0 Å². The lowest BCUT2D eigenvalue weighted by Gasteiger charge is -2.27. The second-order valence-corrected chi connectivity index (χ2v) is 6.98. The first-order valence-corrected chi connectivity index (χ1v) is 8.95. The number of aromatic nitrogens is 3. The van der Waals surface area contributed by atoms with E-state index in [1.54, 1.807) is 17.1 Å². The number of hydrogen-bond acceptors (Lipinski definition) is 5. The zero-order chi connectivity index (χ0) is 18.1. The van der Waals surface area contributed by atoms with E-state index in [-0.39, 0.29) is 0 Å². The van der Waals surface area contributed by atoms with Gasteiger partial charge in [-0.15, -0.1) is 0 Å². The average Bonchev–Trinajstić information content (AvgIpc) is 3.03. The highest BCUT2D eigenvalue weighted by molar-refractivity contribution is 6.33. The number of hydrogen-bond donors (Lipinski definition) is 2. The molecule has 0 aliphatic carbocycles. The van der Waals surface area contributed by atoms with Crippen molar-refractivity contribution in [2.45, 2.75) is 13.0 Å². The Labute approximate surface area is 157 Å². The van der Waals surface area contributed by atoms with Crippen molar-refractivity contribution in [1.82, 2.24) is 19.7 Å². The van der Waals surface area contributed by atoms with Crippen molar-refractivity contribution >= 4 is 34.6 Å². The van der Waals surface area contributed by atoms with Crippen molar-refractivity contribution in [2.75, 3.05) is 24.2 Å². The molecule has 26 heavy (non-hydrogen) atoms. The number of benzene rings is 1. The third-order valence-electron chi connectivity index (χ3n) is 4.67. The molecule has 3 heterocycles. The summed E-state index contributed by atoms with van der Waals surface area (Å²) in [5, 5.41) is 11.5. The van der Waals surface area contributed by atoms with Crippen molar-refractivity contribution in [2.24, 2.45) is 7.05 Å². The first-order chi connectivity index (χ1) is 12.6. The number of rotatable bonds is 4. The van der Waals surface area contributed by atoms with E-state index in [0.29, 0.717) is 10.8 Å². The highest BCUT2D eigenvalue weighted by atomic mass is 35.5. The van der Waals surface area contributed by atoms with Crippen LogP contribution in [0, 0.1) is 0 Å². The number of pyridine rings is 1. The smallest absolute Gasteiger partial charge is 0.133 e. The van der Waals surface area contributed by atoms with Gasteiger partial charge in [0.05, 0.1) is 23.1 Å². The number of aryl methyl sites for hydroxylation is 1. The molecule has 0 radical (unpaired) electrons. The van der Waals surface area contributed by atoms with E-state index in [2.05, 4.69) is 50.9 Å². The largest absolute Gasteiger partial charge is 0.354 e. The molecule has 6 nitrogen and oxygen atoms in total. The molecule has 0 unspecified atom stereocenters.